The summed E-state index contributed by atoms with van der Waals surface area (Å²) in [4.78, 5) is 14.2. The Hall–Kier alpha value is -2.22. The molecule has 3 heterocycles. The molecule has 1 aromatic carbocycles. The Morgan fingerprint density at radius 1 is 1.07 bits per heavy atom. The third-order valence-electron chi connectivity index (χ3n) is 5.63. The van der Waals surface area contributed by atoms with Gasteiger partial charge in [-0.2, -0.15) is 0 Å². The predicted octanol–water partition coefficient (Wildman–Crippen LogP) is 2.00. The summed E-state index contributed by atoms with van der Waals surface area (Å²) < 4.78 is 5.41. The van der Waals surface area contributed by atoms with Crippen LogP contribution in [0.25, 0.3) is 11.4 Å². The molecule has 29 heavy (non-hydrogen) atoms. The SMILES string of the molecule is Cc1cnc(-c2ccc(N3CCNCC3)cc2)nc1NCCCN1CCOCC1. The highest BCUT2D eigenvalue weighted by atomic mass is 16.5. The molecular formula is C22H32N6O. The second-order valence-corrected chi connectivity index (χ2v) is 7.74. The molecule has 0 amide bonds. The lowest BCUT2D eigenvalue weighted by Crippen LogP contribution is -2.43. The highest BCUT2D eigenvalue weighted by Crippen LogP contribution is 2.23. The largest absolute Gasteiger partial charge is 0.379 e. The quantitative estimate of drug-likeness (QED) is 0.694. The fourth-order valence-corrected chi connectivity index (χ4v) is 3.84. The van der Waals surface area contributed by atoms with Crippen molar-refractivity contribution in [2.45, 2.75) is 13.3 Å². The van der Waals surface area contributed by atoms with Crippen molar-refractivity contribution in [3.8, 4) is 11.4 Å². The minimum atomic E-state index is 0.776. The van der Waals surface area contributed by atoms with Crippen molar-refractivity contribution in [3.63, 3.8) is 0 Å². The normalized spacial score (nSPS) is 18.0. The molecular weight excluding hydrogens is 364 g/mol. The topological polar surface area (TPSA) is 65.6 Å². The molecule has 0 spiro atoms. The molecule has 1 aromatic heterocycles. The Morgan fingerprint density at radius 3 is 2.59 bits per heavy atom. The van der Waals surface area contributed by atoms with Crippen molar-refractivity contribution in [2.24, 2.45) is 0 Å². The molecule has 2 aliphatic rings. The van der Waals surface area contributed by atoms with Crippen LogP contribution in [0.4, 0.5) is 11.5 Å². The van der Waals surface area contributed by atoms with Crippen molar-refractivity contribution in [1.82, 2.24) is 20.2 Å². The molecule has 2 N–H and O–H groups in total. The molecule has 0 saturated carbocycles. The van der Waals surface area contributed by atoms with Gasteiger partial charge in [0, 0.05) is 68.8 Å². The van der Waals surface area contributed by atoms with Gasteiger partial charge in [-0.05, 0) is 44.2 Å². The first-order valence-corrected chi connectivity index (χ1v) is 10.7. The standard InChI is InChI=1S/C22H32N6O/c1-18-17-25-22(19-3-5-20(6-4-19)28-11-8-23-9-12-28)26-21(18)24-7-2-10-27-13-15-29-16-14-27/h3-6,17,23H,2,7-16H2,1H3,(H,24,25,26). The van der Waals surface area contributed by atoms with Gasteiger partial charge in [-0.15, -0.1) is 0 Å². The lowest BCUT2D eigenvalue weighted by Gasteiger charge is -2.29. The van der Waals surface area contributed by atoms with Crippen LogP contribution in [0.2, 0.25) is 0 Å². The number of nitrogens with one attached hydrogen (secondary N) is 2. The highest BCUT2D eigenvalue weighted by Gasteiger charge is 2.12. The number of ether oxygens (including phenoxy) is 1. The number of hydrogen-bond donors (Lipinski definition) is 2. The number of morpholine rings is 1. The highest BCUT2D eigenvalue weighted by molar-refractivity contribution is 5.62. The zero-order valence-electron chi connectivity index (χ0n) is 17.4. The Balaban J connectivity index is 1.34. The summed E-state index contributed by atoms with van der Waals surface area (Å²) in [5, 5.41) is 6.90. The van der Waals surface area contributed by atoms with E-state index in [0.717, 1.165) is 94.8 Å². The summed E-state index contributed by atoms with van der Waals surface area (Å²) in [5.41, 5.74) is 3.40. The van der Waals surface area contributed by atoms with E-state index in [2.05, 4.69) is 56.6 Å². The van der Waals surface area contributed by atoms with E-state index in [-0.39, 0.29) is 0 Å². The number of rotatable bonds is 7. The van der Waals surface area contributed by atoms with Crippen molar-refractivity contribution in [3.05, 3.63) is 36.0 Å². The molecule has 0 bridgehead atoms. The monoisotopic (exact) mass is 396 g/mol. The van der Waals surface area contributed by atoms with Gasteiger partial charge in [0.15, 0.2) is 5.82 Å². The molecule has 0 atom stereocenters. The molecule has 2 aliphatic heterocycles. The van der Waals surface area contributed by atoms with Crippen LogP contribution in [0.3, 0.4) is 0 Å². The van der Waals surface area contributed by atoms with Crippen LogP contribution in [0.5, 0.6) is 0 Å². The zero-order valence-corrected chi connectivity index (χ0v) is 17.4. The number of hydrogen-bond acceptors (Lipinski definition) is 7. The van der Waals surface area contributed by atoms with Gasteiger partial charge in [-0.25, -0.2) is 9.97 Å². The first-order valence-electron chi connectivity index (χ1n) is 10.7. The van der Waals surface area contributed by atoms with Crippen LogP contribution in [0, 0.1) is 6.92 Å². The van der Waals surface area contributed by atoms with E-state index in [1.54, 1.807) is 0 Å². The maximum Gasteiger partial charge on any atom is 0.161 e. The summed E-state index contributed by atoms with van der Waals surface area (Å²) in [6, 6.07) is 8.62. The summed E-state index contributed by atoms with van der Waals surface area (Å²) in [6.45, 7) is 12.1. The molecule has 7 nitrogen and oxygen atoms in total. The lowest BCUT2D eigenvalue weighted by atomic mass is 10.1. The van der Waals surface area contributed by atoms with E-state index in [1.807, 2.05) is 6.20 Å². The smallest absolute Gasteiger partial charge is 0.161 e. The van der Waals surface area contributed by atoms with E-state index in [9.17, 15) is 0 Å². The summed E-state index contributed by atoms with van der Waals surface area (Å²) in [6.07, 6.45) is 3.01. The molecule has 2 saturated heterocycles. The van der Waals surface area contributed by atoms with E-state index < -0.39 is 0 Å². The third kappa shape index (κ3) is 5.44. The van der Waals surface area contributed by atoms with Gasteiger partial charge >= 0.3 is 0 Å². The van der Waals surface area contributed by atoms with Crippen LogP contribution in [0.15, 0.2) is 30.5 Å². The number of benzene rings is 1. The van der Waals surface area contributed by atoms with Crippen LogP contribution in [-0.2, 0) is 4.74 Å². The average Bonchev–Trinajstić information content (AvgIpc) is 2.79. The fourth-order valence-electron chi connectivity index (χ4n) is 3.84. The van der Waals surface area contributed by atoms with Gasteiger partial charge in [-0.1, -0.05) is 0 Å². The van der Waals surface area contributed by atoms with Crippen LogP contribution in [-0.4, -0.2) is 80.4 Å². The Bertz CT molecular complexity index is 769. The summed E-state index contributed by atoms with van der Waals surface area (Å²) in [7, 11) is 0. The predicted molar refractivity (Wildman–Crippen MR) is 118 cm³/mol. The van der Waals surface area contributed by atoms with E-state index in [4.69, 9.17) is 9.72 Å². The lowest BCUT2D eigenvalue weighted by molar-refractivity contribution is 0.0378. The summed E-state index contributed by atoms with van der Waals surface area (Å²) >= 11 is 0. The Labute approximate surface area is 173 Å². The second-order valence-electron chi connectivity index (χ2n) is 7.74. The number of aromatic nitrogens is 2. The van der Waals surface area contributed by atoms with Crippen molar-refractivity contribution < 1.29 is 4.74 Å². The first kappa shape index (κ1) is 20.1. The van der Waals surface area contributed by atoms with Crippen LogP contribution in [0.1, 0.15) is 12.0 Å². The van der Waals surface area contributed by atoms with Crippen LogP contribution < -0.4 is 15.5 Å². The molecule has 0 unspecified atom stereocenters. The molecule has 2 aromatic rings. The van der Waals surface area contributed by atoms with Crippen LogP contribution >= 0.6 is 0 Å². The molecule has 7 heteroatoms. The van der Waals surface area contributed by atoms with Crippen molar-refractivity contribution in [2.75, 3.05) is 75.8 Å². The van der Waals surface area contributed by atoms with Crippen molar-refractivity contribution in [1.29, 1.82) is 0 Å². The maximum absolute atomic E-state index is 5.41. The maximum atomic E-state index is 5.41. The minimum absolute atomic E-state index is 0.776. The number of nitrogens with zero attached hydrogens (tertiary/aromatic N) is 4. The number of anilines is 2. The van der Waals surface area contributed by atoms with E-state index in [0.29, 0.717) is 0 Å². The average molecular weight is 397 g/mol. The minimum Gasteiger partial charge on any atom is -0.379 e. The van der Waals surface area contributed by atoms with Gasteiger partial charge in [0.25, 0.3) is 0 Å². The van der Waals surface area contributed by atoms with Gasteiger partial charge in [0.05, 0.1) is 13.2 Å². The van der Waals surface area contributed by atoms with E-state index >= 15 is 0 Å². The molecule has 0 aliphatic carbocycles. The molecule has 0 radical (unpaired) electrons. The van der Waals surface area contributed by atoms with Gasteiger partial charge < -0.3 is 20.3 Å². The zero-order chi connectivity index (χ0) is 19.9. The van der Waals surface area contributed by atoms with Gasteiger partial charge in [0.1, 0.15) is 5.82 Å². The van der Waals surface area contributed by atoms with Gasteiger partial charge in [0.2, 0.25) is 0 Å². The molecule has 2 fully saturated rings. The Kier molecular flexibility index (Phi) is 6.92. The molecule has 156 valence electrons. The third-order valence-corrected chi connectivity index (χ3v) is 5.63. The van der Waals surface area contributed by atoms with E-state index in [1.165, 1.54) is 5.69 Å². The Morgan fingerprint density at radius 2 is 1.83 bits per heavy atom. The number of aryl methyl sites for hydroxylation is 1. The fraction of sp³-hybridized carbons (Fsp3) is 0.545. The summed E-state index contributed by atoms with van der Waals surface area (Å²) in [5.74, 6) is 1.71. The first-order chi connectivity index (χ1) is 14.3. The second kappa shape index (κ2) is 10.0. The van der Waals surface area contributed by atoms with Gasteiger partial charge in [-0.3, -0.25) is 4.90 Å². The van der Waals surface area contributed by atoms with Crippen molar-refractivity contribution >= 4 is 11.5 Å². The number of piperazine rings is 1. The molecule has 4 rings (SSSR count).